The number of halogens is 1. The number of furan rings is 1. The Balaban J connectivity index is 2.09. The largest absolute Gasteiger partial charge is 0.462 e. The fraction of sp³-hybridized carbons (Fsp3) is 0. The number of hydrogen-bond acceptors (Lipinski definition) is 2. The van der Waals surface area contributed by atoms with Crippen LogP contribution in [0.15, 0.2) is 47.1 Å². The van der Waals surface area contributed by atoms with E-state index >= 15 is 0 Å². The Kier molecular flexibility index (Phi) is 3.04. The Hall–Kier alpha value is -1.32. The maximum atomic E-state index is 5.77. The monoisotopic (exact) mass is 237 g/mol. The lowest BCUT2D eigenvalue weighted by Crippen LogP contribution is -2.08. The van der Waals surface area contributed by atoms with Crippen molar-refractivity contribution >= 4 is 34.5 Å². The lowest BCUT2D eigenvalue weighted by molar-refractivity contribution is 0.559. The van der Waals surface area contributed by atoms with E-state index in [0.717, 1.165) is 5.69 Å². The molecule has 0 aliphatic heterocycles. The predicted molar refractivity (Wildman–Crippen MR) is 65.5 cm³/mol. The molecule has 0 spiro atoms. The highest BCUT2D eigenvalue weighted by Gasteiger charge is 2.03. The van der Waals surface area contributed by atoms with Gasteiger partial charge in [-0.15, -0.1) is 0 Å². The first kappa shape index (κ1) is 10.2. The smallest absolute Gasteiger partial charge is 0.161 e. The third kappa shape index (κ3) is 2.58. The van der Waals surface area contributed by atoms with E-state index in [1.165, 1.54) is 0 Å². The van der Waals surface area contributed by atoms with E-state index in [-0.39, 0.29) is 0 Å². The minimum atomic E-state index is 0.558. The van der Waals surface area contributed by atoms with Gasteiger partial charge in [-0.3, -0.25) is 0 Å². The molecule has 0 unspecified atom stereocenters. The van der Waals surface area contributed by atoms with E-state index in [0.29, 0.717) is 15.8 Å². The maximum absolute atomic E-state index is 5.77. The van der Waals surface area contributed by atoms with Crippen molar-refractivity contribution in [1.29, 1.82) is 0 Å². The molecule has 0 amide bonds. The van der Waals surface area contributed by atoms with Gasteiger partial charge in [-0.05, 0) is 36.4 Å². The Morgan fingerprint density at radius 2 is 1.93 bits per heavy atom. The van der Waals surface area contributed by atoms with Gasteiger partial charge in [-0.2, -0.15) is 0 Å². The van der Waals surface area contributed by atoms with E-state index in [1.807, 2.05) is 18.2 Å². The number of rotatable bonds is 2. The topological polar surface area (TPSA) is 25.2 Å². The molecule has 0 saturated heterocycles. The molecular weight excluding hydrogens is 230 g/mol. The van der Waals surface area contributed by atoms with Crippen LogP contribution in [-0.2, 0) is 0 Å². The van der Waals surface area contributed by atoms with Crippen LogP contribution in [0.25, 0.3) is 0 Å². The maximum Gasteiger partial charge on any atom is 0.161 e. The molecule has 1 aromatic carbocycles. The summed E-state index contributed by atoms with van der Waals surface area (Å²) in [6, 6.07) is 10.9. The van der Waals surface area contributed by atoms with E-state index < -0.39 is 0 Å². The zero-order chi connectivity index (χ0) is 10.7. The molecule has 1 heterocycles. The lowest BCUT2D eigenvalue weighted by Gasteiger charge is -2.04. The van der Waals surface area contributed by atoms with Gasteiger partial charge in [0.05, 0.1) is 6.26 Å². The predicted octanol–water partition coefficient (Wildman–Crippen LogP) is 3.72. The Labute approximate surface area is 97.9 Å². The van der Waals surface area contributed by atoms with E-state index in [4.69, 9.17) is 28.2 Å². The summed E-state index contributed by atoms with van der Waals surface area (Å²) in [5.74, 6) is 0.653. The molecular formula is C11H8ClNOS. The zero-order valence-corrected chi connectivity index (χ0v) is 9.31. The van der Waals surface area contributed by atoms with Gasteiger partial charge < -0.3 is 9.73 Å². The molecule has 1 aromatic heterocycles. The molecule has 0 fully saturated rings. The molecule has 4 heteroatoms. The number of anilines is 1. The van der Waals surface area contributed by atoms with Crippen molar-refractivity contribution in [3.63, 3.8) is 0 Å². The van der Waals surface area contributed by atoms with Crippen molar-refractivity contribution in [2.45, 2.75) is 0 Å². The fourth-order valence-corrected chi connectivity index (χ4v) is 1.49. The molecule has 0 saturated carbocycles. The van der Waals surface area contributed by atoms with Crippen molar-refractivity contribution in [3.8, 4) is 0 Å². The fourth-order valence-electron chi connectivity index (χ4n) is 1.13. The summed E-state index contributed by atoms with van der Waals surface area (Å²) in [4.78, 5) is 0.558. The highest BCUT2D eigenvalue weighted by Crippen LogP contribution is 2.14. The summed E-state index contributed by atoms with van der Waals surface area (Å²) < 4.78 is 5.16. The van der Waals surface area contributed by atoms with Crippen LogP contribution in [0, 0.1) is 0 Å². The SMILES string of the molecule is S=C(Nc1ccc(Cl)cc1)c1ccco1. The summed E-state index contributed by atoms with van der Waals surface area (Å²) in [5, 5.41) is 3.75. The van der Waals surface area contributed by atoms with Gasteiger partial charge in [0.25, 0.3) is 0 Å². The van der Waals surface area contributed by atoms with E-state index in [2.05, 4.69) is 5.32 Å². The normalized spacial score (nSPS) is 9.93. The van der Waals surface area contributed by atoms with Gasteiger partial charge in [-0.25, -0.2) is 0 Å². The number of nitrogens with one attached hydrogen (secondary N) is 1. The molecule has 1 N–H and O–H groups in total. The first-order valence-corrected chi connectivity index (χ1v) is 5.15. The molecule has 2 rings (SSSR count). The minimum absolute atomic E-state index is 0.558. The molecule has 0 aliphatic rings. The lowest BCUT2D eigenvalue weighted by atomic mass is 10.3. The zero-order valence-electron chi connectivity index (χ0n) is 7.74. The first-order valence-electron chi connectivity index (χ1n) is 4.36. The third-order valence-corrected chi connectivity index (χ3v) is 2.40. The first-order chi connectivity index (χ1) is 7.25. The average Bonchev–Trinajstić information content (AvgIpc) is 2.74. The standard InChI is InChI=1S/C11H8ClNOS/c12-8-3-5-9(6-4-8)13-11(15)10-2-1-7-14-10/h1-7H,(H,13,15). The highest BCUT2D eigenvalue weighted by molar-refractivity contribution is 7.81. The second-order valence-corrected chi connectivity index (χ2v) is 3.78. The second kappa shape index (κ2) is 4.47. The van der Waals surface area contributed by atoms with Crippen molar-refractivity contribution in [2.75, 3.05) is 5.32 Å². The minimum Gasteiger partial charge on any atom is -0.462 e. The summed E-state index contributed by atoms with van der Waals surface area (Å²) in [6.07, 6.45) is 1.59. The molecule has 2 nitrogen and oxygen atoms in total. The van der Waals surface area contributed by atoms with Crippen LogP contribution >= 0.6 is 23.8 Å². The van der Waals surface area contributed by atoms with E-state index in [9.17, 15) is 0 Å². The quantitative estimate of drug-likeness (QED) is 0.806. The average molecular weight is 238 g/mol. The van der Waals surface area contributed by atoms with Crippen LogP contribution in [-0.4, -0.2) is 4.99 Å². The molecule has 0 aliphatic carbocycles. The van der Waals surface area contributed by atoms with Crippen LogP contribution in [0.1, 0.15) is 5.76 Å². The third-order valence-electron chi connectivity index (χ3n) is 1.85. The van der Waals surface area contributed by atoms with Gasteiger partial charge in [0.15, 0.2) is 5.76 Å². The number of thiocarbonyl (C=S) groups is 1. The van der Waals surface area contributed by atoms with Gasteiger partial charge in [0.1, 0.15) is 4.99 Å². The Bertz CT molecular complexity index is 450. The van der Waals surface area contributed by atoms with Crippen LogP contribution in [0.2, 0.25) is 5.02 Å². The Morgan fingerprint density at radius 3 is 2.53 bits per heavy atom. The summed E-state index contributed by atoms with van der Waals surface area (Å²) in [5.41, 5.74) is 0.890. The van der Waals surface area contributed by atoms with Crippen LogP contribution in [0.5, 0.6) is 0 Å². The summed E-state index contributed by atoms with van der Waals surface area (Å²) >= 11 is 10.9. The van der Waals surface area contributed by atoms with Crippen molar-refractivity contribution < 1.29 is 4.42 Å². The van der Waals surface area contributed by atoms with Crippen molar-refractivity contribution in [2.24, 2.45) is 0 Å². The van der Waals surface area contributed by atoms with E-state index in [1.54, 1.807) is 24.5 Å². The van der Waals surface area contributed by atoms with Gasteiger partial charge in [0, 0.05) is 10.7 Å². The molecule has 0 bridgehead atoms. The van der Waals surface area contributed by atoms with Crippen LogP contribution in [0.4, 0.5) is 5.69 Å². The molecule has 0 radical (unpaired) electrons. The van der Waals surface area contributed by atoms with Crippen molar-refractivity contribution in [3.05, 3.63) is 53.4 Å². The van der Waals surface area contributed by atoms with Gasteiger partial charge in [0.2, 0.25) is 0 Å². The van der Waals surface area contributed by atoms with Gasteiger partial charge >= 0.3 is 0 Å². The van der Waals surface area contributed by atoms with Crippen LogP contribution < -0.4 is 5.32 Å². The summed E-state index contributed by atoms with van der Waals surface area (Å²) in [6.45, 7) is 0. The van der Waals surface area contributed by atoms with Crippen molar-refractivity contribution in [1.82, 2.24) is 0 Å². The molecule has 15 heavy (non-hydrogen) atoms. The van der Waals surface area contributed by atoms with Crippen LogP contribution in [0.3, 0.4) is 0 Å². The number of benzene rings is 1. The Morgan fingerprint density at radius 1 is 1.20 bits per heavy atom. The second-order valence-electron chi connectivity index (χ2n) is 2.94. The molecule has 0 atom stereocenters. The summed E-state index contributed by atoms with van der Waals surface area (Å²) in [7, 11) is 0. The number of hydrogen-bond donors (Lipinski definition) is 1. The molecule has 2 aromatic rings. The highest BCUT2D eigenvalue weighted by atomic mass is 35.5. The van der Waals surface area contributed by atoms with Gasteiger partial charge in [-0.1, -0.05) is 23.8 Å². The molecule has 76 valence electrons.